The van der Waals surface area contributed by atoms with Gasteiger partial charge < -0.3 is 4.74 Å². The van der Waals surface area contributed by atoms with Crippen molar-refractivity contribution in [3.05, 3.63) is 35.4 Å². The second kappa shape index (κ2) is 6.01. The highest BCUT2D eigenvalue weighted by Gasteiger charge is 2.29. The van der Waals surface area contributed by atoms with Crippen LogP contribution in [-0.4, -0.2) is 31.1 Å². The third-order valence-corrected chi connectivity index (χ3v) is 3.54. The number of piperidine rings is 1. The number of nitrogens with zero attached hydrogens (tertiary/aromatic N) is 1. The van der Waals surface area contributed by atoms with Gasteiger partial charge in [0.25, 0.3) is 0 Å². The van der Waals surface area contributed by atoms with Crippen LogP contribution in [0.25, 0.3) is 0 Å². The molecule has 0 spiro atoms. The average Bonchev–Trinajstić information content (AvgIpc) is 2.40. The number of esters is 1. The number of aryl methyl sites for hydroxylation is 1. The number of carbonyl (C=O) groups excluding carboxylic acids is 1. The Morgan fingerprint density at radius 3 is 2.61 bits per heavy atom. The van der Waals surface area contributed by atoms with E-state index in [1.165, 1.54) is 31.9 Å². The van der Waals surface area contributed by atoms with Gasteiger partial charge in [-0.25, -0.2) is 4.79 Å². The molecule has 0 aliphatic carbocycles. The maximum absolute atomic E-state index is 12.1. The van der Waals surface area contributed by atoms with Crippen molar-refractivity contribution in [2.24, 2.45) is 0 Å². The molecule has 0 N–H and O–H groups in total. The minimum absolute atomic E-state index is 0.150. The number of methoxy groups -OCH3 is 1. The predicted molar refractivity (Wildman–Crippen MR) is 71.4 cm³/mol. The summed E-state index contributed by atoms with van der Waals surface area (Å²) in [5.74, 6) is -0.150. The number of rotatable bonds is 3. The minimum Gasteiger partial charge on any atom is -0.468 e. The van der Waals surface area contributed by atoms with E-state index in [0.717, 1.165) is 18.7 Å². The smallest absolute Gasteiger partial charge is 0.327 e. The summed E-state index contributed by atoms with van der Waals surface area (Å²) in [6, 6.07) is 7.91. The maximum Gasteiger partial charge on any atom is 0.327 e. The summed E-state index contributed by atoms with van der Waals surface area (Å²) in [6.45, 7) is 4.01. The van der Waals surface area contributed by atoms with Gasteiger partial charge in [-0.05, 0) is 38.4 Å². The molecule has 3 heteroatoms. The summed E-state index contributed by atoms with van der Waals surface area (Å²) >= 11 is 0. The first-order chi connectivity index (χ1) is 8.72. The Labute approximate surface area is 109 Å². The second-order valence-corrected chi connectivity index (χ2v) is 4.94. The highest BCUT2D eigenvalue weighted by atomic mass is 16.5. The van der Waals surface area contributed by atoms with Crippen LogP contribution in [0.3, 0.4) is 0 Å². The molecule has 0 amide bonds. The van der Waals surface area contributed by atoms with Gasteiger partial charge in [0, 0.05) is 0 Å². The molecule has 1 aliphatic rings. The number of ether oxygens (including phenoxy) is 1. The van der Waals surface area contributed by atoms with E-state index in [1.807, 2.05) is 25.1 Å². The van der Waals surface area contributed by atoms with Gasteiger partial charge >= 0.3 is 5.97 Å². The highest BCUT2D eigenvalue weighted by molar-refractivity contribution is 5.77. The SMILES string of the molecule is COC(=O)C(c1cccc(C)c1)N1CCCCC1. The zero-order valence-corrected chi connectivity index (χ0v) is 11.2. The van der Waals surface area contributed by atoms with Crippen molar-refractivity contribution in [2.45, 2.75) is 32.2 Å². The normalized spacial score (nSPS) is 18.3. The van der Waals surface area contributed by atoms with Gasteiger partial charge in [-0.15, -0.1) is 0 Å². The number of carbonyl (C=O) groups is 1. The average molecular weight is 247 g/mol. The standard InChI is InChI=1S/C15H21NO2/c1-12-7-6-8-13(11-12)14(15(17)18-2)16-9-4-3-5-10-16/h6-8,11,14H,3-5,9-10H2,1-2H3. The summed E-state index contributed by atoms with van der Waals surface area (Å²) in [5.41, 5.74) is 2.22. The molecular weight excluding hydrogens is 226 g/mol. The zero-order chi connectivity index (χ0) is 13.0. The van der Waals surface area contributed by atoms with Gasteiger partial charge in [-0.3, -0.25) is 4.90 Å². The topological polar surface area (TPSA) is 29.5 Å². The van der Waals surface area contributed by atoms with E-state index in [9.17, 15) is 4.79 Å². The van der Waals surface area contributed by atoms with Crippen LogP contribution in [0.1, 0.15) is 36.4 Å². The van der Waals surface area contributed by atoms with E-state index in [1.54, 1.807) is 0 Å². The lowest BCUT2D eigenvalue weighted by atomic mass is 10.0. The first kappa shape index (κ1) is 13.1. The van der Waals surface area contributed by atoms with E-state index in [0.29, 0.717) is 0 Å². The molecule has 1 aromatic rings. The zero-order valence-electron chi connectivity index (χ0n) is 11.2. The van der Waals surface area contributed by atoms with Crippen LogP contribution in [0, 0.1) is 6.92 Å². The largest absolute Gasteiger partial charge is 0.468 e. The molecule has 98 valence electrons. The molecule has 1 saturated heterocycles. The summed E-state index contributed by atoms with van der Waals surface area (Å²) in [5, 5.41) is 0. The summed E-state index contributed by atoms with van der Waals surface area (Å²) in [7, 11) is 1.47. The second-order valence-electron chi connectivity index (χ2n) is 4.94. The van der Waals surface area contributed by atoms with E-state index >= 15 is 0 Å². The molecule has 1 aliphatic heterocycles. The van der Waals surface area contributed by atoms with E-state index in [2.05, 4.69) is 11.0 Å². The molecule has 18 heavy (non-hydrogen) atoms. The molecule has 1 unspecified atom stereocenters. The fraction of sp³-hybridized carbons (Fsp3) is 0.533. The molecule has 0 saturated carbocycles. The van der Waals surface area contributed by atoms with E-state index in [4.69, 9.17) is 4.74 Å². The van der Waals surface area contributed by atoms with Gasteiger partial charge in [-0.2, -0.15) is 0 Å². The lowest BCUT2D eigenvalue weighted by molar-refractivity contribution is -0.147. The van der Waals surface area contributed by atoms with E-state index in [-0.39, 0.29) is 12.0 Å². The van der Waals surface area contributed by atoms with Crippen LogP contribution in [0.2, 0.25) is 0 Å². The molecule has 1 fully saturated rings. The molecular formula is C15H21NO2. The molecule has 2 rings (SSSR count). The number of hydrogen-bond acceptors (Lipinski definition) is 3. The Balaban J connectivity index is 2.26. The van der Waals surface area contributed by atoms with Crippen molar-refractivity contribution in [1.82, 2.24) is 4.90 Å². The van der Waals surface area contributed by atoms with Crippen molar-refractivity contribution in [3.8, 4) is 0 Å². The monoisotopic (exact) mass is 247 g/mol. The summed E-state index contributed by atoms with van der Waals surface area (Å²) < 4.78 is 4.98. The Hall–Kier alpha value is -1.35. The van der Waals surface area contributed by atoms with Crippen molar-refractivity contribution in [1.29, 1.82) is 0 Å². The molecule has 0 aromatic heterocycles. The quantitative estimate of drug-likeness (QED) is 0.769. The maximum atomic E-state index is 12.1. The Bertz CT molecular complexity index is 411. The molecule has 3 nitrogen and oxygen atoms in total. The van der Waals surface area contributed by atoms with Crippen molar-refractivity contribution >= 4 is 5.97 Å². The molecule has 1 aromatic carbocycles. The number of benzene rings is 1. The van der Waals surface area contributed by atoms with Gasteiger partial charge in [0.2, 0.25) is 0 Å². The fourth-order valence-corrected chi connectivity index (χ4v) is 2.62. The first-order valence-electron chi connectivity index (χ1n) is 6.61. The van der Waals surface area contributed by atoms with Crippen molar-refractivity contribution < 1.29 is 9.53 Å². The lowest BCUT2D eigenvalue weighted by Gasteiger charge is -2.33. The van der Waals surface area contributed by atoms with Crippen LogP contribution in [0.15, 0.2) is 24.3 Å². The minimum atomic E-state index is -0.241. The van der Waals surface area contributed by atoms with Crippen molar-refractivity contribution in [2.75, 3.05) is 20.2 Å². The number of hydrogen-bond donors (Lipinski definition) is 0. The highest BCUT2D eigenvalue weighted by Crippen LogP contribution is 2.26. The molecule has 0 radical (unpaired) electrons. The van der Waals surface area contributed by atoms with Crippen LogP contribution in [-0.2, 0) is 9.53 Å². The summed E-state index contributed by atoms with van der Waals surface area (Å²) in [4.78, 5) is 14.3. The van der Waals surface area contributed by atoms with Crippen LogP contribution < -0.4 is 0 Å². The van der Waals surface area contributed by atoms with Crippen molar-refractivity contribution in [3.63, 3.8) is 0 Å². The third-order valence-electron chi connectivity index (χ3n) is 3.54. The Morgan fingerprint density at radius 2 is 2.00 bits per heavy atom. The molecule has 1 heterocycles. The lowest BCUT2D eigenvalue weighted by Crippen LogP contribution is -2.38. The fourth-order valence-electron chi connectivity index (χ4n) is 2.62. The van der Waals surface area contributed by atoms with Gasteiger partial charge in [0.1, 0.15) is 6.04 Å². The molecule has 0 bridgehead atoms. The predicted octanol–water partition coefficient (Wildman–Crippen LogP) is 2.70. The first-order valence-corrected chi connectivity index (χ1v) is 6.61. The third kappa shape index (κ3) is 2.91. The Kier molecular flexibility index (Phi) is 4.37. The summed E-state index contributed by atoms with van der Waals surface area (Å²) in [6.07, 6.45) is 3.59. The van der Waals surface area contributed by atoms with Gasteiger partial charge in [0.15, 0.2) is 0 Å². The number of likely N-dealkylation sites (tertiary alicyclic amines) is 1. The van der Waals surface area contributed by atoms with Crippen LogP contribution in [0.4, 0.5) is 0 Å². The van der Waals surface area contributed by atoms with Gasteiger partial charge in [0.05, 0.1) is 7.11 Å². The van der Waals surface area contributed by atoms with Crippen LogP contribution in [0.5, 0.6) is 0 Å². The molecule has 1 atom stereocenters. The van der Waals surface area contributed by atoms with Crippen LogP contribution >= 0.6 is 0 Å². The van der Waals surface area contributed by atoms with Gasteiger partial charge in [-0.1, -0.05) is 36.2 Å². The van der Waals surface area contributed by atoms with E-state index < -0.39 is 0 Å². The Morgan fingerprint density at radius 1 is 1.28 bits per heavy atom.